The smallest absolute Gasteiger partial charge is 0.178 e. The van der Waals surface area contributed by atoms with Crippen LogP contribution in [0.4, 0.5) is 5.69 Å². The van der Waals surface area contributed by atoms with Crippen molar-refractivity contribution < 1.29 is 8.42 Å². The molecule has 1 aromatic carbocycles. The molecule has 0 atom stereocenters. The van der Waals surface area contributed by atoms with Crippen molar-refractivity contribution in [3.63, 3.8) is 0 Å². The van der Waals surface area contributed by atoms with Crippen LogP contribution in [-0.2, 0) is 23.4 Å². The first-order chi connectivity index (χ1) is 9.03. The number of sulfone groups is 1. The summed E-state index contributed by atoms with van der Waals surface area (Å²) in [7, 11) is -1.31. The Balaban J connectivity index is 2.06. The fourth-order valence-electron chi connectivity index (χ4n) is 1.61. The normalized spacial score (nSPS) is 11.5. The van der Waals surface area contributed by atoms with Gasteiger partial charge in [-0.05, 0) is 24.3 Å². The lowest BCUT2D eigenvalue weighted by molar-refractivity contribution is 0.597. The lowest BCUT2D eigenvalue weighted by atomic mass is 10.3. The van der Waals surface area contributed by atoms with Crippen molar-refractivity contribution in [2.75, 3.05) is 11.1 Å². The lowest BCUT2D eigenvalue weighted by Crippen LogP contribution is -2.06. The van der Waals surface area contributed by atoms with Crippen LogP contribution in [0.2, 0.25) is 0 Å². The summed E-state index contributed by atoms with van der Waals surface area (Å²) >= 11 is 0. The summed E-state index contributed by atoms with van der Waals surface area (Å²) in [4.78, 5) is 0.350. The van der Waals surface area contributed by atoms with Crippen LogP contribution in [0, 0.1) is 0 Å². The third kappa shape index (κ3) is 3.11. The van der Waals surface area contributed by atoms with Crippen molar-refractivity contribution in [3.8, 4) is 0 Å². The van der Waals surface area contributed by atoms with Crippen LogP contribution < -0.4 is 5.32 Å². The molecule has 6 nitrogen and oxygen atoms in total. The minimum atomic E-state index is -3.13. The summed E-state index contributed by atoms with van der Waals surface area (Å²) in [5.74, 6) is 0.112. The molecule has 0 amide bonds. The Bertz CT molecular complexity index is 647. The van der Waals surface area contributed by atoms with Crippen molar-refractivity contribution in [2.24, 2.45) is 7.05 Å². The quantitative estimate of drug-likeness (QED) is 0.891. The molecule has 0 unspecified atom stereocenters. The largest absolute Gasteiger partial charge is 0.379 e. The summed E-state index contributed by atoms with van der Waals surface area (Å²) in [6.07, 6.45) is 1.68. The van der Waals surface area contributed by atoms with Gasteiger partial charge in [0, 0.05) is 12.7 Å². The van der Waals surface area contributed by atoms with E-state index in [1.807, 2.05) is 7.05 Å². The van der Waals surface area contributed by atoms with Gasteiger partial charge in [0.25, 0.3) is 0 Å². The van der Waals surface area contributed by atoms with Gasteiger partial charge in [-0.25, -0.2) is 8.42 Å². The molecule has 0 bridgehead atoms. The zero-order valence-electron chi connectivity index (χ0n) is 10.9. The maximum atomic E-state index is 11.7. The van der Waals surface area contributed by atoms with E-state index < -0.39 is 9.84 Å². The van der Waals surface area contributed by atoms with Crippen LogP contribution in [0.1, 0.15) is 12.6 Å². The number of aromatic nitrogens is 3. The summed E-state index contributed by atoms with van der Waals surface area (Å²) in [6, 6.07) is 6.74. The molecule has 0 radical (unpaired) electrons. The van der Waals surface area contributed by atoms with Crippen molar-refractivity contribution in [1.29, 1.82) is 0 Å². The van der Waals surface area contributed by atoms with E-state index in [0.717, 1.165) is 11.4 Å². The SMILES string of the molecule is CCS(=O)(=O)c1ccc(NCc2cnnn2C)cc1. The average molecular weight is 280 g/mol. The van der Waals surface area contributed by atoms with Crippen molar-refractivity contribution in [2.45, 2.75) is 18.4 Å². The Morgan fingerprint density at radius 2 is 1.95 bits per heavy atom. The molecule has 2 aromatic rings. The number of rotatable bonds is 5. The molecule has 1 N–H and O–H groups in total. The third-order valence-corrected chi connectivity index (χ3v) is 4.63. The van der Waals surface area contributed by atoms with E-state index in [-0.39, 0.29) is 5.75 Å². The third-order valence-electron chi connectivity index (χ3n) is 2.88. The molecule has 19 heavy (non-hydrogen) atoms. The maximum absolute atomic E-state index is 11.7. The Morgan fingerprint density at radius 1 is 1.26 bits per heavy atom. The highest BCUT2D eigenvalue weighted by atomic mass is 32.2. The van der Waals surface area contributed by atoms with Crippen LogP contribution >= 0.6 is 0 Å². The average Bonchev–Trinajstić information content (AvgIpc) is 2.82. The minimum Gasteiger partial charge on any atom is -0.379 e. The number of benzene rings is 1. The van der Waals surface area contributed by atoms with E-state index in [0.29, 0.717) is 11.4 Å². The first-order valence-electron chi connectivity index (χ1n) is 5.93. The van der Waals surface area contributed by atoms with Crippen LogP contribution in [0.25, 0.3) is 0 Å². The highest BCUT2D eigenvalue weighted by molar-refractivity contribution is 7.91. The van der Waals surface area contributed by atoms with Crippen LogP contribution in [0.15, 0.2) is 35.4 Å². The Kier molecular flexibility index (Phi) is 3.84. The van der Waals surface area contributed by atoms with Gasteiger partial charge in [-0.1, -0.05) is 12.1 Å². The van der Waals surface area contributed by atoms with Gasteiger partial charge in [0.05, 0.1) is 29.1 Å². The van der Waals surface area contributed by atoms with Crippen LogP contribution in [0.3, 0.4) is 0 Å². The predicted octanol–water partition coefficient (Wildman–Crippen LogP) is 1.22. The van der Waals surface area contributed by atoms with Crippen molar-refractivity contribution in [3.05, 3.63) is 36.2 Å². The molecule has 2 rings (SSSR count). The molecule has 0 spiro atoms. The van der Waals surface area contributed by atoms with Crippen molar-refractivity contribution >= 4 is 15.5 Å². The first kappa shape index (κ1) is 13.5. The van der Waals surface area contributed by atoms with Crippen LogP contribution in [-0.4, -0.2) is 29.2 Å². The van der Waals surface area contributed by atoms with E-state index >= 15 is 0 Å². The monoisotopic (exact) mass is 280 g/mol. The molecular weight excluding hydrogens is 264 g/mol. The zero-order chi connectivity index (χ0) is 13.9. The molecule has 0 aliphatic rings. The van der Waals surface area contributed by atoms with Crippen molar-refractivity contribution in [1.82, 2.24) is 15.0 Å². The summed E-state index contributed by atoms with van der Waals surface area (Å²) in [5.41, 5.74) is 1.81. The molecule has 0 aliphatic carbocycles. The fraction of sp³-hybridized carbons (Fsp3) is 0.333. The van der Waals surface area contributed by atoms with Crippen LogP contribution in [0.5, 0.6) is 0 Å². The molecule has 1 heterocycles. The minimum absolute atomic E-state index is 0.112. The second kappa shape index (κ2) is 5.40. The van der Waals surface area contributed by atoms with Gasteiger partial charge in [-0.3, -0.25) is 4.68 Å². The highest BCUT2D eigenvalue weighted by Crippen LogP contribution is 2.15. The summed E-state index contributed by atoms with van der Waals surface area (Å²) in [6.45, 7) is 2.22. The second-order valence-corrected chi connectivity index (χ2v) is 6.41. The molecule has 102 valence electrons. The standard InChI is InChI=1S/C12H16N4O2S/c1-3-19(17,18)12-6-4-10(5-7-12)13-8-11-9-14-15-16(11)2/h4-7,9,13H,3,8H2,1-2H3. The van der Waals surface area contributed by atoms with Gasteiger partial charge < -0.3 is 5.32 Å². The number of nitrogens with zero attached hydrogens (tertiary/aromatic N) is 3. The van der Waals surface area contributed by atoms with E-state index in [1.54, 1.807) is 42.1 Å². The number of nitrogens with one attached hydrogen (secondary N) is 1. The Morgan fingerprint density at radius 3 is 2.47 bits per heavy atom. The zero-order valence-corrected chi connectivity index (χ0v) is 11.7. The van der Waals surface area contributed by atoms with Gasteiger partial charge in [-0.15, -0.1) is 5.10 Å². The molecule has 0 saturated heterocycles. The highest BCUT2D eigenvalue weighted by Gasteiger charge is 2.10. The van der Waals surface area contributed by atoms with Gasteiger partial charge >= 0.3 is 0 Å². The summed E-state index contributed by atoms with van der Waals surface area (Å²) < 4.78 is 25.0. The Hall–Kier alpha value is -1.89. The molecule has 7 heteroatoms. The van der Waals surface area contributed by atoms with Gasteiger partial charge in [0.1, 0.15) is 0 Å². The van der Waals surface area contributed by atoms with Gasteiger partial charge in [-0.2, -0.15) is 0 Å². The lowest BCUT2D eigenvalue weighted by Gasteiger charge is -2.07. The number of hydrogen-bond acceptors (Lipinski definition) is 5. The molecular formula is C12H16N4O2S. The second-order valence-electron chi connectivity index (χ2n) is 4.13. The van der Waals surface area contributed by atoms with E-state index in [1.165, 1.54) is 0 Å². The first-order valence-corrected chi connectivity index (χ1v) is 7.58. The number of aryl methyl sites for hydroxylation is 1. The fourth-order valence-corrected chi connectivity index (χ4v) is 2.49. The predicted molar refractivity (Wildman–Crippen MR) is 72.5 cm³/mol. The topological polar surface area (TPSA) is 76.9 Å². The van der Waals surface area contributed by atoms with Gasteiger partial charge in [0.15, 0.2) is 9.84 Å². The van der Waals surface area contributed by atoms with E-state index in [2.05, 4.69) is 15.6 Å². The number of anilines is 1. The van der Waals surface area contributed by atoms with Gasteiger partial charge in [0.2, 0.25) is 0 Å². The molecule has 0 fully saturated rings. The maximum Gasteiger partial charge on any atom is 0.178 e. The molecule has 0 aliphatic heterocycles. The summed E-state index contributed by atoms with van der Waals surface area (Å²) in [5, 5.41) is 10.8. The molecule has 0 saturated carbocycles. The Labute approximate surface area is 112 Å². The van der Waals surface area contributed by atoms with E-state index in [4.69, 9.17) is 0 Å². The number of hydrogen-bond donors (Lipinski definition) is 1. The van der Waals surface area contributed by atoms with E-state index in [9.17, 15) is 8.42 Å². The molecule has 1 aromatic heterocycles.